The number of carbonyl (C=O) groups is 1. The first-order valence-corrected chi connectivity index (χ1v) is 10.1. The van der Waals surface area contributed by atoms with E-state index in [0.717, 1.165) is 54.3 Å². The summed E-state index contributed by atoms with van der Waals surface area (Å²) in [6, 6.07) is 11.9. The Hall–Kier alpha value is -2.07. The third-order valence-electron chi connectivity index (χ3n) is 5.08. The van der Waals surface area contributed by atoms with E-state index < -0.39 is 5.60 Å². The number of fused-ring (bicyclic) bond motifs is 1. The zero-order valence-electron chi connectivity index (χ0n) is 17.1. The third-order valence-corrected chi connectivity index (χ3v) is 5.08. The number of carbonyl (C=O) groups excluding carboxylic acids is 1. The van der Waals surface area contributed by atoms with E-state index in [-0.39, 0.29) is 5.91 Å². The van der Waals surface area contributed by atoms with Gasteiger partial charge in [-0.3, -0.25) is 4.79 Å². The number of unbranched alkanes of at least 4 members (excludes halogenated alkanes) is 3. The van der Waals surface area contributed by atoms with E-state index >= 15 is 0 Å². The first kappa shape index (κ1) is 21.2. The molecule has 4 nitrogen and oxygen atoms in total. The van der Waals surface area contributed by atoms with Crippen LogP contribution in [0.2, 0.25) is 0 Å². The summed E-state index contributed by atoms with van der Waals surface area (Å²) >= 11 is 0. The molecule has 0 aliphatic rings. The molecule has 148 valence electrons. The monoisotopic (exact) mass is 371 g/mol. The van der Waals surface area contributed by atoms with Gasteiger partial charge in [0.05, 0.1) is 6.61 Å². The van der Waals surface area contributed by atoms with Crippen molar-refractivity contribution in [1.82, 2.24) is 0 Å². The minimum absolute atomic E-state index is 0.106. The van der Waals surface area contributed by atoms with Gasteiger partial charge in [0.1, 0.15) is 11.4 Å². The van der Waals surface area contributed by atoms with Crippen molar-refractivity contribution in [2.45, 2.75) is 64.9 Å². The molecule has 0 radical (unpaired) electrons. The summed E-state index contributed by atoms with van der Waals surface area (Å²) in [5.74, 6) is 0.750. The van der Waals surface area contributed by atoms with Crippen molar-refractivity contribution in [3.63, 3.8) is 0 Å². The fraction of sp³-hybridized carbons (Fsp3) is 0.522. The van der Waals surface area contributed by atoms with Gasteiger partial charge in [-0.25, -0.2) is 0 Å². The SMILES string of the molecule is CCCCCC(C)(OC)C(=O)Nc1ccc(OCCCC)c2ccccc12. The van der Waals surface area contributed by atoms with Crippen molar-refractivity contribution in [3.05, 3.63) is 36.4 Å². The maximum Gasteiger partial charge on any atom is 0.256 e. The van der Waals surface area contributed by atoms with Crippen molar-refractivity contribution in [2.75, 3.05) is 19.0 Å². The van der Waals surface area contributed by atoms with Gasteiger partial charge in [0.25, 0.3) is 5.91 Å². The van der Waals surface area contributed by atoms with E-state index in [2.05, 4.69) is 19.2 Å². The molecular formula is C23H33NO3. The summed E-state index contributed by atoms with van der Waals surface area (Å²) in [4.78, 5) is 12.9. The topological polar surface area (TPSA) is 47.6 Å². The summed E-state index contributed by atoms with van der Waals surface area (Å²) in [6.45, 7) is 6.86. The number of hydrogen-bond acceptors (Lipinski definition) is 3. The first-order chi connectivity index (χ1) is 13.1. The maximum atomic E-state index is 12.9. The van der Waals surface area contributed by atoms with Crippen LogP contribution in [0.4, 0.5) is 5.69 Å². The van der Waals surface area contributed by atoms with E-state index in [1.54, 1.807) is 7.11 Å². The molecule has 0 bridgehead atoms. The van der Waals surface area contributed by atoms with E-state index in [1.165, 1.54) is 0 Å². The van der Waals surface area contributed by atoms with Crippen molar-refractivity contribution in [2.24, 2.45) is 0 Å². The van der Waals surface area contributed by atoms with Crippen LogP contribution in [0.3, 0.4) is 0 Å². The molecular weight excluding hydrogens is 338 g/mol. The molecule has 0 aromatic heterocycles. The third kappa shape index (κ3) is 5.46. The average Bonchev–Trinajstić information content (AvgIpc) is 2.69. The molecule has 0 spiro atoms. The largest absolute Gasteiger partial charge is 0.493 e. The van der Waals surface area contributed by atoms with Crippen molar-refractivity contribution >= 4 is 22.4 Å². The highest BCUT2D eigenvalue weighted by Crippen LogP contribution is 2.33. The second-order valence-corrected chi connectivity index (χ2v) is 7.21. The lowest BCUT2D eigenvalue weighted by atomic mass is 9.96. The molecule has 0 heterocycles. The number of rotatable bonds is 11. The van der Waals surface area contributed by atoms with Gasteiger partial charge >= 0.3 is 0 Å². The summed E-state index contributed by atoms with van der Waals surface area (Å²) in [5.41, 5.74) is -0.0377. The molecule has 2 aromatic rings. The lowest BCUT2D eigenvalue weighted by Crippen LogP contribution is -2.42. The van der Waals surface area contributed by atoms with Gasteiger partial charge in [0, 0.05) is 23.6 Å². The molecule has 2 rings (SSSR count). The minimum atomic E-state index is -0.827. The van der Waals surface area contributed by atoms with Gasteiger partial charge in [-0.1, -0.05) is 63.8 Å². The Kier molecular flexibility index (Phi) is 8.11. The van der Waals surface area contributed by atoms with Crippen LogP contribution in [0.15, 0.2) is 36.4 Å². The second-order valence-electron chi connectivity index (χ2n) is 7.21. The molecule has 1 unspecified atom stereocenters. The number of benzene rings is 2. The molecule has 0 saturated carbocycles. The lowest BCUT2D eigenvalue weighted by molar-refractivity contribution is -0.136. The second kappa shape index (κ2) is 10.3. The number of nitrogens with one attached hydrogen (secondary N) is 1. The van der Waals surface area contributed by atoms with Crippen molar-refractivity contribution in [3.8, 4) is 5.75 Å². The predicted octanol–water partition coefficient (Wildman–Crippen LogP) is 5.94. The molecule has 0 fully saturated rings. The highest BCUT2D eigenvalue weighted by atomic mass is 16.5. The lowest BCUT2D eigenvalue weighted by Gasteiger charge is -2.27. The quantitative estimate of drug-likeness (QED) is 0.497. The fourth-order valence-corrected chi connectivity index (χ4v) is 3.11. The Balaban J connectivity index is 2.23. The zero-order chi connectivity index (χ0) is 19.7. The first-order valence-electron chi connectivity index (χ1n) is 10.1. The van der Waals surface area contributed by atoms with Crippen LogP contribution in [0.25, 0.3) is 10.8 Å². The Morgan fingerprint density at radius 2 is 1.70 bits per heavy atom. The minimum Gasteiger partial charge on any atom is -0.493 e. The normalized spacial score (nSPS) is 13.3. The van der Waals surface area contributed by atoms with Crippen LogP contribution < -0.4 is 10.1 Å². The number of anilines is 1. The number of ether oxygens (including phenoxy) is 2. The molecule has 27 heavy (non-hydrogen) atoms. The maximum absolute atomic E-state index is 12.9. The molecule has 1 amide bonds. The van der Waals surface area contributed by atoms with Gasteiger partial charge in [-0.15, -0.1) is 0 Å². The standard InChI is InChI=1S/C23H33NO3/c1-5-7-11-16-23(3,26-4)22(25)24-20-14-15-21(27-17-8-6-2)19-13-10-9-12-18(19)20/h9-10,12-15H,5-8,11,16-17H2,1-4H3,(H,24,25). The van der Waals surface area contributed by atoms with Gasteiger partial charge in [0.2, 0.25) is 0 Å². The molecule has 1 N–H and O–H groups in total. The zero-order valence-corrected chi connectivity index (χ0v) is 17.1. The Bertz CT molecular complexity index is 743. The number of amides is 1. The Labute approximate surface area is 163 Å². The van der Waals surface area contributed by atoms with Crippen molar-refractivity contribution in [1.29, 1.82) is 0 Å². The number of hydrogen-bond donors (Lipinski definition) is 1. The smallest absolute Gasteiger partial charge is 0.256 e. The molecule has 1 atom stereocenters. The Morgan fingerprint density at radius 3 is 2.37 bits per heavy atom. The van der Waals surface area contributed by atoms with Crippen LogP contribution in [-0.4, -0.2) is 25.2 Å². The van der Waals surface area contributed by atoms with E-state index in [0.29, 0.717) is 13.0 Å². The molecule has 0 saturated heterocycles. The van der Waals surface area contributed by atoms with E-state index in [9.17, 15) is 4.79 Å². The van der Waals surface area contributed by atoms with Crippen LogP contribution in [0.5, 0.6) is 5.75 Å². The highest BCUT2D eigenvalue weighted by Gasteiger charge is 2.32. The van der Waals surface area contributed by atoms with Crippen molar-refractivity contribution < 1.29 is 14.3 Å². The highest BCUT2D eigenvalue weighted by molar-refractivity contribution is 6.06. The van der Waals surface area contributed by atoms with E-state index in [1.807, 2.05) is 43.3 Å². The van der Waals surface area contributed by atoms with E-state index in [4.69, 9.17) is 9.47 Å². The Morgan fingerprint density at radius 1 is 1.00 bits per heavy atom. The number of methoxy groups -OCH3 is 1. The molecule has 2 aromatic carbocycles. The van der Waals surface area contributed by atoms with Gasteiger partial charge in [-0.05, 0) is 31.9 Å². The van der Waals surface area contributed by atoms with Crippen LogP contribution >= 0.6 is 0 Å². The van der Waals surface area contributed by atoms with Crippen LogP contribution in [0, 0.1) is 0 Å². The summed E-state index contributed by atoms with van der Waals surface area (Å²) in [5, 5.41) is 5.07. The van der Waals surface area contributed by atoms with Gasteiger partial charge in [0.15, 0.2) is 0 Å². The summed E-state index contributed by atoms with van der Waals surface area (Å²) in [6.07, 6.45) is 6.01. The summed E-state index contributed by atoms with van der Waals surface area (Å²) < 4.78 is 11.5. The molecule has 4 heteroatoms. The van der Waals surface area contributed by atoms with Gasteiger partial charge < -0.3 is 14.8 Å². The van der Waals surface area contributed by atoms with Crippen LogP contribution in [-0.2, 0) is 9.53 Å². The molecule has 0 aliphatic carbocycles. The molecule has 0 aliphatic heterocycles. The van der Waals surface area contributed by atoms with Gasteiger partial charge in [-0.2, -0.15) is 0 Å². The summed E-state index contributed by atoms with van der Waals surface area (Å²) in [7, 11) is 1.61. The fourth-order valence-electron chi connectivity index (χ4n) is 3.11. The average molecular weight is 372 g/mol. The predicted molar refractivity (Wildman–Crippen MR) is 113 cm³/mol. The van der Waals surface area contributed by atoms with Crippen LogP contribution in [0.1, 0.15) is 59.3 Å².